The lowest BCUT2D eigenvalue weighted by Gasteiger charge is -2.16. The van der Waals surface area contributed by atoms with E-state index in [9.17, 15) is 18.4 Å². The van der Waals surface area contributed by atoms with Crippen molar-refractivity contribution in [3.63, 3.8) is 0 Å². The van der Waals surface area contributed by atoms with E-state index in [1.807, 2.05) is 12.1 Å². The highest BCUT2D eigenvalue weighted by atomic mass is 79.9. The molecule has 2 amide bonds. The molecule has 0 radical (unpaired) electrons. The van der Waals surface area contributed by atoms with Gasteiger partial charge in [-0.25, -0.2) is 8.78 Å². The van der Waals surface area contributed by atoms with Gasteiger partial charge >= 0.3 is 0 Å². The second-order valence-electron chi connectivity index (χ2n) is 7.30. The lowest BCUT2D eigenvalue weighted by atomic mass is 10.1. The number of ether oxygens (including phenoxy) is 1. The number of nitrogens with zero attached hydrogens (tertiary/aromatic N) is 1. The molecule has 1 saturated heterocycles. The van der Waals surface area contributed by atoms with Crippen LogP contribution >= 0.6 is 27.7 Å². The van der Waals surface area contributed by atoms with Crippen LogP contribution in [0.2, 0.25) is 0 Å². The minimum absolute atomic E-state index is 0.100. The number of hydrogen-bond acceptors (Lipinski definition) is 4. The van der Waals surface area contributed by atoms with Crippen LogP contribution in [0.15, 0.2) is 71.2 Å². The minimum atomic E-state index is -0.589. The van der Waals surface area contributed by atoms with Gasteiger partial charge in [0.25, 0.3) is 5.24 Å². The number of halogens is 3. The Morgan fingerprint density at radius 1 is 0.938 bits per heavy atom. The largest absolute Gasteiger partial charge is 0.489 e. The molecule has 1 heterocycles. The molecular formula is C24H18BrF2NO3S. The third-order valence-electron chi connectivity index (χ3n) is 4.97. The Morgan fingerprint density at radius 3 is 2.47 bits per heavy atom. The van der Waals surface area contributed by atoms with Crippen molar-refractivity contribution >= 4 is 38.8 Å². The molecule has 0 saturated carbocycles. The number of thioether (sulfide) groups is 1. The molecule has 0 aromatic heterocycles. The van der Waals surface area contributed by atoms with Crippen LogP contribution in [-0.2, 0) is 24.4 Å². The van der Waals surface area contributed by atoms with Gasteiger partial charge in [0.05, 0.1) is 11.8 Å². The Balaban J connectivity index is 1.47. The monoisotopic (exact) mass is 517 g/mol. The molecule has 0 spiro atoms. The number of rotatable bonds is 7. The number of carbonyl (C=O) groups excluding carboxylic acids is 2. The minimum Gasteiger partial charge on any atom is -0.489 e. The molecular weight excluding hydrogens is 500 g/mol. The third kappa shape index (κ3) is 5.37. The van der Waals surface area contributed by atoms with E-state index in [0.29, 0.717) is 23.3 Å². The molecule has 3 aromatic rings. The van der Waals surface area contributed by atoms with Gasteiger partial charge in [-0.05, 0) is 65.6 Å². The summed E-state index contributed by atoms with van der Waals surface area (Å²) in [5.41, 5.74) is 2.12. The fourth-order valence-electron chi connectivity index (χ4n) is 3.38. The lowest BCUT2D eigenvalue weighted by Crippen LogP contribution is -2.31. The van der Waals surface area contributed by atoms with Gasteiger partial charge in [-0.1, -0.05) is 52.0 Å². The standard InChI is InChI=1S/C24H18BrF2NO3S/c25-18-6-9-21(31-14-16-2-1-3-20(27)10-16)17(11-18)12-22-23(29)28(24(30)32-22)13-15-4-7-19(26)8-5-15/h1-11,22H,12-14H2/t22-/m1/s1. The van der Waals surface area contributed by atoms with Crippen molar-refractivity contribution in [2.24, 2.45) is 0 Å². The predicted molar refractivity (Wildman–Crippen MR) is 122 cm³/mol. The van der Waals surface area contributed by atoms with Crippen molar-refractivity contribution in [2.75, 3.05) is 0 Å². The molecule has 3 aromatic carbocycles. The molecule has 0 bridgehead atoms. The SMILES string of the molecule is O=C1S[C@H](Cc2cc(Br)ccc2OCc2cccc(F)c2)C(=O)N1Cc1ccc(F)cc1. The topological polar surface area (TPSA) is 46.6 Å². The summed E-state index contributed by atoms with van der Waals surface area (Å²) in [5, 5.41) is -0.921. The first-order chi connectivity index (χ1) is 15.4. The van der Waals surface area contributed by atoms with E-state index in [4.69, 9.17) is 4.74 Å². The van der Waals surface area contributed by atoms with Crippen molar-refractivity contribution in [2.45, 2.75) is 24.8 Å². The fourth-order valence-corrected chi connectivity index (χ4v) is 4.80. The Bertz CT molecular complexity index is 1160. The van der Waals surface area contributed by atoms with Gasteiger partial charge in [0.1, 0.15) is 24.0 Å². The van der Waals surface area contributed by atoms with E-state index >= 15 is 0 Å². The Labute approximate surface area is 196 Å². The molecule has 1 fully saturated rings. The average molecular weight is 518 g/mol. The number of imide groups is 1. The van der Waals surface area contributed by atoms with Gasteiger partial charge < -0.3 is 4.74 Å². The maximum Gasteiger partial charge on any atom is 0.289 e. The summed E-state index contributed by atoms with van der Waals surface area (Å²) < 4.78 is 33.3. The summed E-state index contributed by atoms with van der Waals surface area (Å²) in [6, 6.07) is 17.3. The van der Waals surface area contributed by atoms with Crippen molar-refractivity contribution < 1.29 is 23.1 Å². The highest BCUT2D eigenvalue weighted by molar-refractivity contribution is 9.10. The molecule has 1 atom stereocenters. The average Bonchev–Trinajstić information content (AvgIpc) is 3.02. The zero-order chi connectivity index (χ0) is 22.7. The van der Waals surface area contributed by atoms with Gasteiger partial charge in [0.15, 0.2) is 0 Å². The molecule has 164 valence electrons. The van der Waals surface area contributed by atoms with Crippen LogP contribution in [0.25, 0.3) is 0 Å². The van der Waals surface area contributed by atoms with E-state index in [1.165, 1.54) is 29.2 Å². The third-order valence-corrected chi connectivity index (χ3v) is 6.54. The Hall–Kier alpha value is -2.71. The van der Waals surface area contributed by atoms with Gasteiger partial charge in [0, 0.05) is 4.47 Å². The maximum atomic E-state index is 13.4. The zero-order valence-electron chi connectivity index (χ0n) is 16.8. The summed E-state index contributed by atoms with van der Waals surface area (Å²) in [6.07, 6.45) is 0.299. The van der Waals surface area contributed by atoms with Crippen LogP contribution in [0.5, 0.6) is 5.75 Å². The molecule has 8 heteroatoms. The van der Waals surface area contributed by atoms with Crippen LogP contribution in [0.1, 0.15) is 16.7 Å². The summed E-state index contributed by atoms with van der Waals surface area (Å²) in [5.74, 6) is -0.439. The molecule has 0 aliphatic carbocycles. The smallest absolute Gasteiger partial charge is 0.289 e. The highest BCUT2D eigenvalue weighted by Gasteiger charge is 2.39. The molecule has 4 nitrogen and oxygen atoms in total. The first kappa shape index (κ1) is 22.5. The second kappa shape index (κ2) is 9.83. The van der Waals surface area contributed by atoms with E-state index in [0.717, 1.165) is 21.8 Å². The first-order valence-electron chi connectivity index (χ1n) is 9.81. The van der Waals surface area contributed by atoms with Gasteiger partial charge in [0.2, 0.25) is 5.91 Å². The molecule has 0 N–H and O–H groups in total. The van der Waals surface area contributed by atoms with E-state index in [1.54, 1.807) is 30.3 Å². The molecule has 32 heavy (non-hydrogen) atoms. The van der Waals surface area contributed by atoms with Crippen LogP contribution in [0.3, 0.4) is 0 Å². The van der Waals surface area contributed by atoms with Gasteiger partial charge in [-0.15, -0.1) is 0 Å². The van der Waals surface area contributed by atoms with E-state index in [-0.39, 0.29) is 35.9 Å². The van der Waals surface area contributed by atoms with Crippen molar-refractivity contribution in [3.05, 3.63) is 99.5 Å². The first-order valence-corrected chi connectivity index (χ1v) is 11.5. The Morgan fingerprint density at radius 2 is 1.72 bits per heavy atom. The van der Waals surface area contributed by atoms with E-state index in [2.05, 4.69) is 15.9 Å². The van der Waals surface area contributed by atoms with Crippen LogP contribution in [0, 0.1) is 11.6 Å². The summed E-state index contributed by atoms with van der Waals surface area (Å²) in [7, 11) is 0. The fraction of sp³-hybridized carbons (Fsp3) is 0.167. The van der Waals surface area contributed by atoms with Crippen molar-refractivity contribution in [1.29, 1.82) is 0 Å². The molecule has 0 unspecified atom stereocenters. The lowest BCUT2D eigenvalue weighted by molar-refractivity contribution is -0.127. The second-order valence-corrected chi connectivity index (χ2v) is 9.37. The highest BCUT2D eigenvalue weighted by Crippen LogP contribution is 2.34. The summed E-state index contributed by atoms with van der Waals surface area (Å²) in [4.78, 5) is 26.6. The molecule has 4 rings (SSSR count). The van der Waals surface area contributed by atoms with Gasteiger partial charge in [-0.2, -0.15) is 0 Å². The van der Waals surface area contributed by atoms with E-state index < -0.39 is 5.25 Å². The maximum absolute atomic E-state index is 13.4. The van der Waals surface area contributed by atoms with Gasteiger partial charge in [-0.3, -0.25) is 14.5 Å². The number of amides is 2. The normalized spacial score (nSPS) is 16.0. The Kier molecular flexibility index (Phi) is 6.91. The van der Waals surface area contributed by atoms with Crippen LogP contribution in [-0.4, -0.2) is 21.3 Å². The number of carbonyl (C=O) groups is 2. The molecule has 1 aliphatic heterocycles. The van der Waals surface area contributed by atoms with Crippen molar-refractivity contribution in [3.8, 4) is 5.75 Å². The van der Waals surface area contributed by atoms with Crippen LogP contribution < -0.4 is 4.74 Å². The number of benzene rings is 3. The van der Waals surface area contributed by atoms with Crippen molar-refractivity contribution in [1.82, 2.24) is 4.90 Å². The predicted octanol–water partition coefficient (Wildman–Crippen LogP) is 6.11. The zero-order valence-corrected chi connectivity index (χ0v) is 19.2. The summed E-state index contributed by atoms with van der Waals surface area (Å²) in [6.45, 7) is 0.274. The molecule has 1 aliphatic rings. The summed E-state index contributed by atoms with van der Waals surface area (Å²) >= 11 is 4.41. The van der Waals surface area contributed by atoms with Crippen LogP contribution in [0.4, 0.5) is 13.6 Å². The number of hydrogen-bond donors (Lipinski definition) is 0. The quantitative estimate of drug-likeness (QED) is 0.379.